The van der Waals surface area contributed by atoms with Crippen LogP contribution in [0.2, 0.25) is 0 Å². The van der Waals surface area contributed by atoms with E-state index in [9.17, 15) is 14.8 Å². The van der Waals surface area contributed by atoms with Gasteiger partial charge >= 0.3 is 0 Å². The number of nitrogens with zero attached hydrogens (tertiary/aromatic N) is 3. The summed E-state index contributed by atoms with van der Waals surface area (Å²) in [6, 6.07) is 8.94. The molecule has 0 radical (unpaired) electrons. The number of nitriles is 2. The van der Waals surface area contributed by atoms with Gasteiger partial charge in [0.25, 0.3) is 0 Å². The number of nitrogens with one attached hydrogen (secondary N) is 1. The molecule has 134 valence electrons. The average molecular weight is 344 g/mol. The van der Waals surface area contributed by atoms with Crippen molar-refractivity contribution in [2.24, 2.45) is 5.92 Å². The number of benzene rings is 1. The van der Waals surface area contributed by atoms with Gasteiger partial charge < -0.3 is 15.3 Å². The Morgan fingerprint density at radius 2 is 2.08 bits per heavy atom. The molecule has 0 amide bonds. The van der Waals surface area contributed by atoms with Crippen molar-refractivity contribution in [2.75, 3.05) is 24.5 Å². The highest BCUT2D eigenvalue weighted by atomic mass is 19.1. The molecule has 1 saturated heterocycles. The minimum absolute atomic E-state index is 0.115. The van der Waals surface area contributed by atoms with Gasteiger partial charge in [0.15, 0.2) is 0 Å². The number of aliphatic hydroxyl groups is 1. The lowest BCUT2D eigenvalue weighted by molar-refractivity contribution is 0.145. The molecule has 1 aliphatic heterocycles. The van der Waals surface area contributed by atoms with E-state index >= 15 is 0 Å². The van der Waals surface area contributed by atoms with Crippen molar-refractivity contribution in [1.29, 1.82) is 10.5 Å². The van der Waals surface area contributed by atoms with Gasteiger partial charge in [0, 0.05) is 37.8 Å². The third-order valence-corrected chi connectivity index (χ3v) is 4.72. The molecule has 0 aliphatic carbocycles. The molecule has 0 saturated carbocycles. The lowest BCUT2D eigenvalue weighted by Gasteiger charge is -2.34. The van der Waals surface area contributed by atoms with Crippen molar-refractivity contribution in [3.05, 3.63) is 29.6 Å². The van der Waals surface area contributed by atoms with Crippen LogP contribution < -0.4 is 10.2 Å². The zero-order valence-electron chi connectivity index (χ0n) is 14.6. The largest absolute Gasteiger partial charge is 0.393 e. The Labute approximate surface area is 148 Å². The zero-order valence-corrected chi connectivity index (χ0v) is 14.6. The van der Waals surface area contributed by atoms with Crippen molar-refractivity contribution >= 4 is 5.69 Å². The summed E-state index contributed by atoms with van der Waals surface area (Å²) < 4.78 is 13.8. The predicted octanol–water partition coefficient (Wildman–Crippen LogP) is 2.88. The third kappa shape index (κ3) is 5.42. The highest BCUT2D eigenvalue weighted by molar-refractivity contribution is 5.55. The molecule has 25 heavy (non-hydrogen) atoms. The molecule has 2 N–H and O–H groups in total. The van der Waals surface area contributed by atoms with Crippen LogP contribution in [0.1, 0.15) is 44.2 Å². The maximum atomic E-state index is 13.8. The number of rotatable bonds is 7. The Morgan fingerprint density at radius 1 is 1.36 bits per heavy atom. The van der Waals surface area contributed by atoms with Crippen molar-refractivity contribution < 1.29 is 9.50 Å². The van der Waals surface area contributed by atoms with Gasteiger partial charge in [-0.1, -0.05) is 0 Å². The fraction of sp³-hybridized carbons (Fsp3) is 0.579. The van der Waals surface area contributed by atoms with Crippen LogP contribution in [0.15, 0.2) is 18.2 Å². The normalized spacial score (nSPS) is 17.6. The van der Waals surface area contributed by atoms with E-state index < -0.39 is 0 Å². The Hall–Kier alpha value is -2.15. The number of hydrogen-bond donors (Lipinski definition) is 2. The Balaban J connectivity index is 2.07. The highest BCUT2D eigenvalue weighted by Gasteiger charge is 2.22. The summed E-state index contributed by atoms with van der Waals surface area (Å²) in [6.45, 7) is 3.91. The summed E-state index contributed by atoms with van der Waals surface area (Å²) in [5, 5.41) is 30.8. The van der Waals surface area contributed by atoms with Crippen LogP contribution in [0.4, 0.5) is 10.1 Å². The highest BCUT2D eigenvalue weighted by Crippen LogP contribution is 2.29. The minimum Gasteiger partial charge on any atom is -0.393 e. The maximum Gasteiger partial charge on any atom is 0.123 e. The first kappa shape index (κ1) is 19.2. The molecule has 0 spiro atoms. The first-order chi connectivity index (χ1) is 12.0. The SMILES string of the molecule is CC(NCC(C#N)CCC#N)c1cc(F)ccc1N1CCC(O)CC1. The van der Waals surface area contributed by atoms with Crippen LogP contribution >= 0.6 is 0 Å². The Morgan fingerprint density at radius 3 is 2.72 bits per heavy atom. The quantitative estimate of drug-likeness (QED) is 0.795. The fourth-order valence-corrected chi connectivity index (χ4v) is 3.15. The molecular weight excluding hydrogens is 319 g/mol. The molecule has 1 aliphatic rings. The van der Waals surface area contributed by atoms with E-state index in [0.29, 0.717) is 32.2 Å². The standard InChI is InChI=1S/C19H25FN4O/c1-14(23-13-15(12-22)3-2-8-21)18-11-16(20)4-5-19(18)24-9-6-17(25)7-10-24/h4-5,11,14-15,17,23,25H,2-3,6-7,9-10,13H2,1H3. The van der Waals surface area contributed by atoms with Gasteiger partial charge in [0.05, 0.1) is 24.2 Å². The molecule has 6 heteroatoms. The van der Waals surface area contributed by atoms with Crippen LogP contribution in [-0.4, -0.2) is 30.8 Å². The number of aliphatic hydroxyl groups excluding tert-OH is 1. The molecule has 1 fully saturated rings. The number of piperidine rings is 1. The van der Waals surface area contributed by atoms with E-state index in [0.717, 1.165) is 24.3 Å². The van der Waals surface area contributed by atoms with Crippen molar-refractivity contribution in [1.82, 2.24) is 5.32 Å². The van der Waals surface area contributed by atoms with Gasteiger partial charge in [-0.3, -0.25) is 0 Å². The van der Waals surface area contributed by atoms with E-state index in [2.05, 4.69) is 22.4 Å². The van der Waals surface area contributed by atoms with E-state index in [1.807, 2.05) is 6.92 Å². The summed E-state index contributed by atoms with van der Waals surface area (Å²) in [5.74, 6) is -0.519. The number of anilines is 1. The Bertz CT molecular complexity index is 644. The van der Waals surface area contributed by atoms with E-state index in [1.165, 1.54) is 12.1 Å². The van der Waals surface area contributed by atoms with E-state index in [1.54, 1.807) is 6.07 Å². The Kier molecular flexibility index (Phi) is 7.18. The van der Waals surface area contributed by atoms with Crippen LogP contribution in [0.3, 0.4) is 0 Å². The van der Waals surface area contributed by atoms with Crippen molar-refractivity contribution in [2.45, 2.75) is 44.8 Å². The third-order valence-electron chi connectivity index (χ3n) is 4.72. The lowest BCUT2D eigenvalue weighted by atomic mass is 10.00. The first-order valence-electron chi connectivity index (χ1n) is 8.77. The number of halogens is 1. The second kappa shape index (κ2) is 9.36. The minimum atomic E-state index is -0.286. The van der Waals surface area contributed by atoms with Crippen molar-refractivity contribution in [3.63, 3.8) is 0 Å². The molecule has 2 rings (SSSR count). The smallest absolute Gasteiger partial charge is 0.123 e. The molecule has 0 bridgehead atoms. The maximum absolute atomic E-state index is 13.8. The van der Waals surface area contributed by atoms with Gasteiger partial charge in [-0.05, 0) is 49.9 Å². The molecule has 1 heterocycles. The molecule has 1 aromatic carbocycles. The lowest BCUT2D eigenvalue weighted by Crippen LogP contribution is -2.37. The van der Waals surface area contributed by atoms with Crippen LogP contribution in [0.25, 0.3) is 0 Å². The first-order valence-corrected chi connectivity index (χ1v) is 8.77. The van der Waals surface area contributed by atoms with Gasteiger partial charge in [0.2, 0.25) is 0 Å². The van der Waals surface area contributed by atoms with Crippen LogP contribution in [-0.2, 0) is 0 Å². The molecular formula is C19H25FN4O. The van der Waals surface area contributed by atoms with Crippen LogP contribution in [0, 0.1) is 34.4 Å². The summed E-state index contributed by atoms with van der Waals surface area (Å²) in [5.41, 5.74) is 1.83. The van der Waals surface area contributed by atoms with E-state index in [-0.39, 0.29) is 23.9 Å². The molecule has 1 aromatic rings. The van der Waals surface area contributed by atoms with Gasteiger partial charge in [-0.15, -0.1) is 0 Å². The second-order valence-electron chi connectivity index (χ2n) is 6.57. The topological polar surface area (TPSA) is 83.1 Å². The summed E-state index contributed by atoms with van der Waals surface area (Å²) in [7, 11) is 0. The fourth-order valence-electron chi connectivity index (χ4n) is 3.15. The van der Waals surface area contributed by atoms with Gasteiger partial charge in [0.1, 0.15) is 5.82 Å². The summed E-state index contributed by atoms with van der Waals surface area (Å²) >= 11 is 0. The molecule has 5 nitrogen and oxygen atoms in total. The second-order valence-corrected chi connectivity index (χ2v) is 6.57. The van der Waals surface area contributed by atoms with Gasteiger partial charge in [-0.25, -0.2) is 4.39 Å². The predicted molar refractivity (Wildman–Crippen MR) is 94.2 cm³/mol. The summed E-state index contributed by atoms with van der Waals surface area (Å²) in [4.78, 5) is 2.18. The molecule has 2 atom stereocenters. The monoisotopic (exact) mass is 344 g/mol. The molecule has 2 unspecified atom stereocenters. The van der Waals surface area contributed by atoms with Gasteiger partial charge in [-0.2, -0.15) is 10.5 Å². The van der Waals surface area contributed by atoms with E-state index in [4.69, 9.17) is 5.26 Å². The molecule has 0 aromatic heterocycles. The van der Waals surface area contributed by atoms with Crippen molar-refractivity contribution in [3.8, 4) is 12.1 Å². The summed E-state index contributed by atoms with van der Waals surface area (Å²) in [6.07, 6.45) is 2.06. The number of hydrogen-bond acceptors (Lipinski definition) is 5. The van der Waals surface area contributed by atoms with Crippen LogP contribution in [0.5, 0.6) is 0 Å². The average Bonchev–Trinajstić information content (AvgIpc) is 2.62. The zero-order chi connectivity index (χ0) is 18.2.